The largest absolute Gasteiger partial charge is 0.393 e. The van der Waals surface area contributed by atoms with Crippen molar-refractivity contribution in [1.82, 2.24) is 14.3 Å². The van der Waals surface area contributed by atoms with Crippen LogP contribution in [0.5, 0.6) is 0 Å². The minimum Gasteiger partial charge on any atom is -0.393 e. The maximum atomic E-state index is 9.55. The number of aliphatic hydroxyl groups is 1. The highest BCUT2D eigenvalue weighted by molar-refractivity contribution is 7.09. The molecule has 2 rings (SSSR count). The molecule has 0 saturated carbocycles. The normalized spacial score (nSPS) is 22.9. The predicted octanol–water partition coefficient (Wildman–Crippen LogP) is 0.807. The molecule has 96 valence electrons. The van der Waals surface area contributed by atoms with Crippen LogP contribution in [-0.4, -0.2) is 52.7 Å². The summed E-state index contributed by atoms with van der Waals surface area (Å²) in [5, 5.41) is 10.5. The molecule has 17 heavy (non-hydrogen) atoms. The number of aromatic nitrogens is 2. The summed E-state index contributed by atoms with van der Waals surface area (Å²) in [6.07, 6.45) is 0.864. The van der Waals surface area contributed by atoms with Crippen molar-refractivity contribution in [2.24, 2.45) is 5.92 Å². The monoisotopic (exact) mass is 256 g/mol. The molecule has 1 saturated heterocycles. The van der Waals surface area contributed by atoms with Crippen molar-refractivity contribution in [3.05, 3.63) is 5.82 Å². The lowest BCUT2D eigenvalue weighted by atomic mass is 10.0. The maximum Gasteiger partial charge on any atom is 0.204 e. The SMILES string of the molecule is CC(O)C1CCN(Cc2nsc(N(C)C)n2)C1. The van der Waals surface area contributed by atoms with Gasteiger partial charge in [-0.25, -0.2) is 4.98 Å². The van der Waals surface area contributed by atoms with Crippen molar-refractivity contribution >= 4 is 16.7 Å². The van der Waals surface area contributed by atoms with Gasteiger partial charge in [0.2, 0.25) is 5.13 Å². The number of rotatable bonds is 4. The molecule has 0 aromatic carbocycles. The van der Waals surface area contributed by atoms with Crippen LogP contribution in [0.25, 0.3) is 0 Å². The zero-order chi connectivity index (χ0) is 12.4. The van der Waals surface area contributed by atoms with Crippen LogP contribution in [0.3, 0.4) is 0 Å². The highest BCUT2D eigenvalue weighted by Gasteiger charge is 2.26. The Morgan fingerprint density at radius 1 is 1.59 bits per heavy atom. The third kappa shape index (κ3) is 3.14. The summed E-state index contributed by atoms with van der Waals surface area (Å²) in [7, 11) is 3.95. The molecular weight excluding hydrogens is 236 g/mol. The smallest absolute Gasteiger partial charge is 0.204 e. The van der Waals surface area contributed by atoms with E-state index < -0.39 is 0 Å². The highest BCUT2D eigenvalue weighted by Crippen LogP contribution is 2.22. The summed E-state index contributed by atoms with van der Waals surface area (Å²) in [6.45, 7) is 4.66. The van der Waals surface area contributed by atoms with Crippen LogP contribution in [-0.2, 0) is 6.54 Å². The molecule has 2 unspecified atom stereocenters. The second kappa shape index (κ2) is 5.29. The van der Waals surface area contributed by atoms with Gasteiger partial charge in [-0.3, -0.25) is 4.90 Å². The van der Waals surface area contributed by atoms with Crippen molar-refractivity contribution in [3.63, 3.8) is 0 Å². The van der Waals surface area contributed by atoms with E-state index in [0.717, 1.165) is 37.0 Å². The van der Waals surface area contributed by atoms with E-state index in [1.54, 1.807) is 0 Å². The Kier molecular flexibility index (Phi) is 3.96. The van der Waals surface area contributed by atoms with Crippen LogP contribution in [0, 0.1) is 5.92 Å². The van der Waals surface area contributed by atoms with Crippen molar-refractivity contribution < 1.29 is 5.11 Å². The summed E-state index contributed by atoms with van der Waals surface area (Å²) in [4.78, 5) is 8.77. The first-order valence-corrected chi connectivity index (χ1v) is 6.74. The van der Waals surface area contributed by atoms with Gasteiger partial charge in [-0.1, -0.05) is 0 Å². The van der Waals surface area contributed by atoms with Crippen molar-refractivity contribution in [2.45, 2.75) is 26.0 Å². The number of anilines is 1. The Labute approximate surface area is 106 Å². The van der Waals surface area contributed by atoms with Crippen molar-refractivity contribution in [3.8, 4) is 0 Å². The van der Waals surface area contributed by atoms with Crippen molar-refractivity contribution in [2.75, 3.05) is 32.1 Å². The molecule has 1 aromatic heterocycles. The second-order valence-electron chi connectivity index (χ2n) is 4.91. The van der Waals surface area contributed by atoms with E-state index in [-0.39, 0.29) is 6.10 Å². The molecule has 0 spiro atoms. The summed E-state index contributed by atoms with van der Waals surface area (Å²) in [5.74, 6) is 1.30. The van der Waals surface area contributed by atoms with Gasteiger partial charge in [0.25, 0.3) is 0 Å². The lowest BCUT2D eigenvalue weighted by Gasteiger charge is -2.15. The van der Waals surface area contributed by atoms with Gasteiger partial charge in [-0.2, -0.15) is 4.37 Å². The summed E-state index contributed by atoms with van der Waals surface area (Å²) < 4.78 is 4.36. The van der Waals surface area contributed by atoms with Crippen LogP contribution >= 0.6 is 11.5 Å². The van der Waals surface area contributed by atoms with E-state index >= 15 is 0 Å². The predicted molar refractivity (Wildman–Crippen MR) is 69.3 cm³/mol. The van der Waals surface area contributed by atoms with Gasteiger partial charge in [-0.15, -0.1) is 0 Å². The Morgan fingerprint density at radius 2 is 2.35 bits per heavy atom. The Hall–Kier alpha value is -0.720. The highest BCUT2D eigenvalue weighted by atomic mass is 32.1. The van der Waals surface area contributed by atoms with Crippen LogP contribution in [0.4, 0.5) is 5.13 Å². The Balaban J connectivity index is 1.89. The van der Waals surface area contributed by atoms with Gasteiger partial charge >= 0.3 is 0 Å². The van der Waals surface area contributed by atoms with E-state index in [0.29, 0.717) is 5.92 Å². The fourth-order valence-electron chi connectivity index (χ4n) is 2.09. The quantitative estimate of drug-likeness (QED) is 0.864. The van der Waals surface area contributed by atoms with Gasteiger partial charge in [0.05, 0.1) is 12.6 Å². The molecule has 1 aliphatic heterocycles. The summed E-state index contributed by atoms with van der Waals surface area (Å²) >= 11 is 1.44. The minimum atomic E-state index is -0.208. The van der Waals surface area contributed by atoms with E-state index in [1.165, 1.54) is 11.5 Å². The third-order valence-corrected chi connectivity index (χ3v) is 4.12. The lowest BCUT2D eigenvalue weighted by Crippen LogP contribution is -2.24. The van der Waals surface area contributed by atoms with Gasteiger partial charge in [0.1, 0.15) is 0 Å². The third-order valence-electron chi connectivity index (χ3n) is 3.20. The molecule has 2 heterocycles. The van der Waals surface area contributed by atoms with Crippen LogP contribution < -0.4 is 4.90 Å². The first-order valence-electron chi connectivity index (χ1n) is 5.96. The fourth-order valence-corrected chi connectivity index (χ4v) is 2.69. The van der Waals surface area contributed by atoms with Gasteiger partial charge < -0.3 is 10.0 Å². The average Bonchev–Trinajstić information content (AvgIpc) is 2.87. The second-order valence-corrected chi connectivity index (χ2v) is 5.64. The van der Waals surface area contributed by atoms with Crippen molar-refractivity contribution in [1.29, 1.82) is 0 Å². The van der Waals surface area contributed by atoms with E-state index in [1.807, 2.05) is 25.9 Å². The standard InChI is InChI=1S/C11H20N4OS/c1-8(16)9-4-5-15(6-9)7-10-12-11(14(2)3)17-13-10/h8-9,16H,4-7H2,1-3H3. The van der Waals surface area contributed by atoms with Crippen LogP contribution in [0.1, 0.15) is 19.2 Å². The molecule has 0 bridgehead atoms. The molecule has 1 N–H and O–H groups in total. The summed E-state index contributed by atoms with van der Waals surface area (Å²) in [6, 6.07) is 0. The van der Waals surface area contributed by atoms with E-state index in [4.69, 9.17) is 0 Å². The molecule has 1 aliphatic rings. The lowest BCUT2D eigenvalue weighted by molar-refractivity contribution is 0.127. The molecule has 2 atom stereocenters. The summed E-state index contributed by atoms with van der Waals surface area (Å²) in [5.41, 5.74) is 0. The molecule has 6 heteroatoms. The number of hydrogen-bond acceptors (Lipinski definition) is 6. The first-order chi connectivity index (χ1) is 8.06. The molecule has 5 nitrogen and oxygen atoms in total. The zero-order valence-electron chi connectivity index (χ0n) is 10.6. The molecule has 0 radical (unpaired) electrons. The van der Waals surface area contributed by atoms with Crippen LogP contribution in [0.2, 0.25) is 0 Å². The number of hydrogen-bond donors (Lipinski definition) is 1. The van der Waals surface area contributed by atoms with E-state index in [2.05, 4.69) is 14.3 Å². The van der Waals surface area contributed by atoms with Gasteiger partial charge in [0, 0.05) is 32.2 Å². The van der Waals surface area contributed by atoms with Gasteiger partial charge in [-0.05, 0) is 25.8 Å². The Morgan fingerprint density at radius 3 is 2.88 bits per heavy atom. The number of nitrogens with zero attached hydrogens (tertiary/aromatic N) is 4. The zero-order valence-corrected chi connectivity index (χ0v) is 11.4. The Bertz CT molecular complexity index is 366. The fraction of sp³-hybridized carbons (Fsp3) is 0.818. The molecule has 0 aliphatic carbocycles. The molecule has 0 amide bonds. The molecule has 1 fully saturated rings. The van der Waals surface area contributed by atoms with Gasteiger partial charge in [0.15, 0.2) is 5.82 Å². The maximum absolute atomic E-state index is 9.55. The minimum absolute atomic E-state index is 0.208. The van der Waals surface area contributed by atoms with E-state index in [9.17, 15) is 5.11 Å². The van der Waals surface area contributed by atoms with Crippen LogP contribution in [0.15, 0.2) is 0 Å². The first kappa shape index (κ1) is 12.7. The number of likely N-dealkylation sites (tertiary alicyclic amines) is 1. The number of aliphatic hydroxyl groups excluding tert-OH is 1. The topological polar surface area (TPSA) is 52.5 Å². The molecular formula is C11H20N4OS. The molecule has 1 aromatic rings. The average molecular weight is 256 g/mol.